The third-order valence-corrected chi connectivity index (χ3v) is 3.44. The quantitative estimate of drug-likeness (QED) is 0.838. The molecule has 20 heavy (non-hydrogen) atoms. The summed E-state index contributed by atoms with van der Waals surface area (Å²) in [6, 6.07) is 7.08. The zero-order chi connectivity index (χ0) is 14.7. The molecular weight excluding hydrogens is 258 g/mol. The van der Waals surface area contributed by atoms with E-state index in [1.165, 1.54) is 7.11 Å². The van der Waals surface area contributed by atoms with E-state index in [9.17, 15) is 9.59 Å². The number of rotatable bonds is 5. The fourth-order valence-corrected chi connectivity index (χ4v) is 1.95. The number of nitrogens with one attached hydrogen (secondary N) is 1. The fraction of sp³-hybridized carbons (Fsp3) is 0.467. The summed E-state index contributed by atoms with van der Waals surface area (Å²) in [5.41, 5.74) is 0.558. The zero-order valence-electron chi connectivity index (χ0n) is 11.9. The third-order valence-electron chi connectivity index (χ3n) is 3.44. The molecule has 5 heteroatoms. The number of esters is 1. The van der Waals surface area contributed by atoms with E-state index in [-0.39, 0.29) is 17.8 Å². The van der Waals surface area contributed by atoms with E-state index in [0.29, 0.717) is 17.4 Å². The van der Waals surface area contributed by atoms with Crippen LogP contribution in [-0.2, 0) is 14.3 Å². The Morgan fingerprint density at radius 3 is 2.60 bits per heavy atom. The summed E-state index contributed by atoms with van der Waals surface area (Å²) in [5.74, 6) is 0.231. The molecule has 1 N–H and O–H groups in total. The van der Waals surface area contributed by atoms with Crippen molar-refractivity contribution in [3.05, 3.63) is 24.3 Å². The number of carbonyl (C=O) groups excluding carboxylic acids is 2. The Kier molecular flexibility index (Phi) is 4.27. The van der Waals surface area contributed by atoms with Crippen molar-refractivity contribution in [2.75, 3.05) is 12.4 Å². The average molecular weight is 277 g/mol. The first-order chi connectivity index (χ1) is 9.52. The van der Waals surface area contributed by atoms with Crippen LogP contribution < -0.4 is 10.1 Å². The van der Waals surface area contributed by atoms with Gasteiger partial charge >= 0.3 is 5.97 Å². The Balaban J connectivity index is 1.92. The highest BCUT2D eigenvalue weighted by Crippen LogP contribution is 2.38. The summed E-state index contributed by atoms with van der Waals surface area (Å²) in [6.45, 7) is 3.56. The predicted molar refractivity (Wildman–Crippen MR) is 74.4 cm³/mol. The molecule has 3 atom stereocenters. The smallest absolute Gasteiger partial charge is 0.309 e. The molecule has 1 fully saturated rings. The van der Waals surface area contributed by atoms with Crippen molar-refractivity contribution >= 4 is 17.6 Å². The monoisotopic (exact) mass is 277 g/mol. The van der Waals surface area contributed by atoms with Crippen molar-refractivity contribution < 1.29 is 19.1 Å². The van der Waals surface area contributed by atoms with E-state index >= 15 is 0 Å². The number of anilines is 1. The largest absolute Gasteiger partial charge is 0.495 e. The number of carbonyl (C=O) groups is 2. The highest BCUT2D eigenvalue weighted by atomic mass is 16.5. The number of amides is 1. The Hall–Kier alpha value is -2.04. The Labute approximate surface area is 118 Å². The van der Waals surface area contributed by atoms with Gasteiger partial charge in [0, 0.05) is 0 Å². The Morgan fingerprint density at radius 2 is 2.00 bits per heavy atom. The van der Waals surface area contributed by atoms with Crippen LogP contribution in [0.3, 0.4) is 0 Å². The maximum absolute atomic E-state index is 12.0. The summed E-state index contributed by atoms with van der Waals surface area (Å²) < 4.78 is 10.3. The Bertz CT molecular complexity index is 514. The molecule has 1 aromatic carbocycles. The molecule has 0 radical (unpaired) electrons. The number of para-hydroxylation sites is 2. The van der Waals surface area contributed by atoms with Gasteiger partial charge < -0.3 is 14.8 Å². The lowest BCUT2D eigenvalue weighted by molar-refractivity contribution is -0.154. The first kappa shape index (κ1) is 14.4. The molecule has 1 aliphatic rings. The van der Waals surface area contributed by atoms with Gasteiger partial charge in [-0.25, -0.2) is 0 Å². The van der Waals surface area contributed by atoms with E-state index in [0.717, 1.165) is 6.42 Å². The van der Waals surface area contributed by atoms with E-state index in [1.807, 2.05) is 13.0 Å². The van der Waals surface area contributed by atoms with Gasteiger partial charge in [-0.15, -0.1) is 0 Å². The molecule has 1 aromatic rings. The molecule has 0 unspecified atom stereocenters. The molecule has 0 aliphatic heterocycles. The van der Waals surface area contributed by atoms with Crippen LogP contribution in [0.1, 0.15) is 20.3 Å². The van der Waals surface area contributed by atoms with Gasteiger partial charge in [0.1, 0.15) is 5.75 Å². The van der Waals surface area contributed by atoms with Gasteiger partial charge in [-0.05, 0) is 31.4 Å². The normalized spacial score (nSPS) is 21.8. The van der Waals surface area contributed by atoms with Crippen molar-refractivity contribution in [3.63, 3.8) is 0 Å². The number of benzene rings is 1. The molecule has 0 spiro atoms. The van der Waals surface area contributed by atoms with Crippen molar-refractivity contribution in [3.8, 4) is 5.75 Å². The minimum Gasteiger partial charge on any atom is -0.495 e. The van der Waals surface area contributed by atoms with Crippen LogP contribution in [0.15, 0.2) is 24.3 Å². The van der Waals surface area contributed by atoms with Crippen molar-refractivity contribution in [2.45, 2.75) is 26.4 Å². The van der Waals surface area contributed by atoms with Gasteiger partial charge in [0.05, 0.1) is 18.7 Å². The van der Waals surface area contributed by atoms with E-state index in [4.69, 9.17) is 9.47 Å². The van der Waals surface area contributed by atoms with Gasteiger partial charge in [-0.1, -0.05) is 19.1 Å². The molecule has 5 nitrogen and oxygen atoms in total. The van der Waals surface area contributed by atoms with Crippen LogP contribution >= 0.6 is 0 Å². The molecule has 0 saturated heterocycles. The third kappa shape index (κ3) is 3.29. The van der Waals surface area contributed by atoms with Crippen LogP contribution in [0.4, 0.5) is 5.69 Å². The summed E-state index contributed by atoms with van der Waals surface area (Å²) in [6.07, 6.45) is 0.0277. The van der Waals surface area contributed by atoms with Crippen LogP contribution in [-0.4, -0.2) is 25.1 Å². The van der Waals surface area contributed by atoms with Crippen LogP contribution in [0.25, 0.3) is 0 Å². The highest BCUT2D eigenvalue weighted by Gasteiger charge is 2.41. The molecular formula is C15H19NO4. The molecule has 1 amide bonds. The topological polar surface area (TPSA) is 64.6 Å². The standard InChI is InChI=1S/C15H19NO4/c1-9-8-11(9)15(18)20-10(2)14(17)16-12-6-4-5-7-13(12)19-3/h4-7,9-11H,8H2,1-3H3,(H,16,17)/t9-,10+,11-/m1/s1. The molecule has 0 heterocycles. The molecule has 2 rings (SSSR count). The summed E-state index contributed by atoms with van der Waals surface area (Å²) in [7, 11) is 1.53. The first-order valence-electron chi connectivity index (χ1n) is 6.67. The van der Waals surface area contributed by atoms with Gasteiger partial charge in [-0.3, -0.25) is 9.59 Å². The second-order valence-corrected chi connectivity index (χ2v) is 5.09. The summed E-state index contributed by atoms with van der Waals surface area (Å²) >= 11 is 0. The molecule has 1 saturated carbocycles. The Morgan fingerprint density at radius 1 is 1.35 bits per heavy atom. The van der Waals surface area contributed by atoms with Crippen molar-refractivity contribution in [1.82, 2.24) is 0 Å². The van der Waals surface area contributed by atoms with Crippen molar-refractivity contribution in [2.24, 2.45) is 11.8 Å². The van der Waals surface area contributed by atoms with Gasteiger partial charge in [0.2, 0.25) is 0 Å². The second kappa shape index (κ2) is 5.94. The van der Waals surface area contributed by atoms with Crippen LogP contribution in [0.5, 0.6) is 5.75 Å². The molecule has 1 aliphatic carbocycles. The zero-order valence-corrected chi connectivity index (χ0v) is 11.9. The van der Waals surface area contributed by atoms with E-state index < -0.39 is 6.10 Å². The van der Waals surface area contributed by atoms with Gasteiger partial charge in [0.15, 0.2) is 6.10 Å². The maximum Gasteiger partial charge on any atom is 0.309 e. The average Bonchev–Trinajstić information content (AvgIpc) is 3.16. The van der Waals surface area contributed by atoms with E-state index in [1.54, 1.807) is 25.1 Å². The number of ether oxygens (including phenoxy) is 2. The number of methoxy groups -OCH3 is 1. The molecule has 108 valence electrons. The molecule has 0 aromatic heterocycles. The molecule has 0 bridgehead atoms. The fourth-order valence-electron chi connectivity index (χ4n) is 1.95. The van der Waals surface area contributed by atoms with Crippen LogP contribution in [0, 0.1) is 11.8 Å². The predicted octanol–water partition coefficient (Wildman–Crippen LogP) is 2.22. The minimum atomic E-state index is -0.819. The lowest BCUT2D eigenvalue weighted by Crippen LogP contribution is -2.30. The second-order valence-electron chi connectivity index (χ2n) is 5.09. The summed E-state index contributed by atoms with van der Waals surface area (Å²) in [4.78, 5) is 23.7. The van der Waals surface area contributed by atoms with Crippen LogP contribution in [0.2, 0.25) is 0 Å². The lowest BCUT2D eigenvalue weighted by atomic mass is 10.2. The first-order valence-corrected chi connectivity index (χ1v) is 6.67. The van der Waals surface area contributed by atoms with Crippen molar-refractivity contribution in [1.29, 1.82) is 0 Å². The van der Waals surface area contributed by atoms with E-state index in [2.05, 4.69) is 5.32 Å². The number of hydrogen-bond acceptors (Lipinski definition) is 4. The minimum absolute atomic E-state index is 0.0449. The SMILES string of the molecule is COc1ccccc1NC(=O)[C@H](C)OC(=O)[C@@H]1C[C@H]1C. The maximum atomic E-state index is 12.0. The lowest BCUT2D eigenvalue weighted by Gasteiger charge is -2.15. The summed E-state index contributed by atoms with van der Waals surface area (Å²) in [5, 5.41) is 2.70. The highest BCUT2D eigenvalue weighted by molar-refractivity contribution is 5.96. The van der Waals surface area contributed by atoms with Gasteiger partial charge in [0.25, 0.3) is 5.91 Å². The number of hydrogen-bond donors (Lipinski definition) is 1. The van der Waals surface area contributed by atoms with Gasteiger partial charge in [-0.2, -0.15) is 0 Å².